The molecular weight excluding hydrogens is 292 g/mol. The van der Waals surface area contributed by atoms with E-state index in [9.17, 15) is 0 Å². The number of hydrogen-bond acceptors (Lipinski definition) is 3. The molecule has 22 heavy (non-hydrogen) atoms. The number of benzene rings is 1. The van der Waals surface area contributed by atoms with E-state index in [2.05, 4.69) is 33.9 Å². The summed E-state index contributed by atoms with van der Waals surface area (Å²) in [7, 11) is -0.0710. The predicted octanol–water partition coefficient (Wildman–Crippen LogP) is 4.87. The second-order valence-electron chi connectivity index (χ2n) is 7.74. The van der Waals surface area contributed by atoms with Crippen molar-refractivity contribution in [3.63, 3.8) is 0 Å². The highest BCUT2D eigenvalue weighted by atomic mass is 28.4. The van der Waals surface area contributed by atoms with E-state index in [4.69, 9.17) is 13.9 Å². The molecule has 1 aliphatic carbocycles. The first-order valence-corrected chi connectivity index (χ1v) is 11.1. The third kappa shape index (κ3) is 4.50. The minimum absolute atomic E-state index is 0.225. The van der Waals surface area contributed by atoms with Gasteiger partial charge in [0, 0.05) is 0 Å². The van der Waals surface area contributed by atoms with E-state index in [0.29, 0.717) is 12.5 Å². The highest BCUT2D eigenvalue weighted by Gasteiger charge is 2.43. The first-order chi connectivity index (χ1) is 10.2. The normalized spacial score (nSPS) is 17.2. The molecule has 1 fully saturated rings. The summed E-state index contributed by atoms with van der Waals surface area (Å²) in [6.07, 6.45) is 2.76. The zero-order valence-electron chi connectivity index (χ0n) is 14.8. The van der Waals surface area contributed by atoms with Gasteiger partial charge in [-0.3, -0.25) is 0 Å². The molecule has 3 nitrogen and oxygen atoms in total. The van der Waals surface area contributed by atoms with E-state index < -0.39 is 8.32 Å². The Bertz CT molecular complexity index is 472. The summed E-state index contributed by atoms with van der Waals surface area (Å²) in [6, 6.07) is 7.76. The van der Waals surface area contributed by atoms with Crippen LogP contribution in [0.5, 0.6) is 11.5 Å². The first-order valence-electron chi connectivity index (χ1n) is 8.17. The van der Waals surface area contributed by atoms with Gasteiger partial charge < -0.3 is 13.9 Å². The summed E-state index contributed by atoms with van der Waals surface area (Å²) in [4.78, 5) is 0. The van der Waals surface area contributed by atoms with Crippen LogP contribution in [0.1, 0.15) is 33.6 Å². The minimum atomic E-state index is -1.74. The minimum Gasteiger partial charge on any atom is -0.497 e. The van der Waals surface area contributed by atoms with Crippen LogP contribution < -0.4 is 9.47 Å². The van der Waals surface area contributed by atoms with Gasteiger partial charge in [-0.25, -0.2) is 0 Å². The third-order valence-corrected chi connectivity index (χ3v) is 9.38. The van der Waals surface area contributed by atoms with Gasteiger partial charge in [0.2, 0.25) is 0 Å². The number of ether oxygens (including phenoxy) is 2. The highest BCUT2D eigenvalue weighted by molar-refractivity contribution is 6.74. The maximum Gasteiger partial charge on any atom is 0.192 e. The molecule has 1 aliphatic rings. The van der Waals surface area contributed by atoms with Crippen LogP contribution in [0.15, 0.2) is 24.3 Å². The van der Waals surface area contributed by atoms with Crippen LogP contribution in [-0.4, -0.2) is 28.1 Å². The first kappa shape index (κ1) is 17.4. The Morgan fingerprint density at radius 2 is 1.64 bits per heavy atom. The van der Waals surface area contributed by atoms with Gasteiger partial charge in [0.15, 0.2) is 8.32 Å². The molecular formula is C18H30O3Si. The monoisotopic (exact) mass is 322 g/mol. The molecule has 0 radical (unpaired) electrons. The zero-order chi connectivity index (χ0) is 16.4. The molecule has 0 N–H and O–H groups in total. The van der Waals surface area contributed by atoms with Gasteiger partial charge in [-0.05, 0) is 61.2 Å². The lowest BCUT2D eigenvalue weighted by molar-refractivity contribution is 0.0974. The van der Waals surface area contributed by atoms with Crippen molar-refractivity contribution >= 4 is 8.32 Å². The maximum atomic E-state index is 6.58. The fourth-order valence-corrected chi connectivity index (χ4v) is 3.51. The Labute approximate surface area is 136 Å². The Hall–Kier alpha value is -1.00. The van der Waals surface area contributed by atoms with Crippen molar-refractivity contribution in [3.05, 3.63) is 24.3 Å². The fourth-order valence-electron chi connectivity index (χ4n) is 2.14. The van der Waals surface area contributed by atoms with Crippen molar-refractivity contribution in [1.29, 1.82) is 0 Å². The maximum absolute atomic E-state index is 6.58. The Kier molecular flexibility index (Phi) is 5.23. The van der Waals surface area contributed by atoms with Crippen molar-refractivity contribution in [2.45, 2.75) is 57.8 Å². The molecule has 1 atom stereocenters. The SMILES string of the molecule is COc1ccc(OCC(O[Si](C)(C)C(C)(C)C)C2CC2)cc1. The van der Waals surface area contributed by atoms with E-state index in [-0.39, 0.29) is 11.1 Å². The van der Waals surface area contributed by atoms with Crippen LogP contribution in [0, 0.1) is 5.92 Å². The van der Waals surface area contributed by atoms with Crippen LogP contribution in [-0.2, 0) is 4.43 Å². The average molecular weight is 323 g/mol. The van der Waals surface area contributed by atoms with Crippen LogP contribution in [0.25, 0.3) is 0 Å². The standard InChI is InChI=1S/C18H30O3Si/c1-18(2,3)22(5,6)21-17(14-7-8-14)13-20-16-11-9-15(19-4)10-12-16/h9-12,14,17H,7-8,13H2,1-6H3. The van der Waals surface area contributed by atoms with Crippen molar-refractivity contribution in [2.24, 2.45) is 5.92 Å². The zero-order valence-corrected chi connectivity index (χ0v) is 15.8. The smallest absolute Gasteiger partial charge is 0.192 e. The van der Waals surface area contributed by atoms with Crippen molar-refractivity contribution < 1.29 is 13.9 Å². The lowest BCUT2D eigenvalue weighted by Crippen LogP contribution is -2.46. The van der Waals surface area contributed by atoms with E-state index in [1.165, 1.54) is 12.8 Å². The summed E-state index contributed by atoms with van der Waals surface area (Å²) in [5.74, 6) is 2.40. The molecule has 0 bridgehead atoms. The van der Waals surface area contributed by atoms with Gasteiger partial charge in [0.1, 0.15) is 18.1 Å². The topological polar surface area (TPSA) is 27.7 Å². The molecule has 0 spiro atoms. The molecule has 4 heteroatoms. The van der Waals surface area contributed by atoms with Crippen LogP contribution in [0.4, 0.5) is 0 Å². The van der Waals surface area contributed by atoms with Crippen LogP contribution >= 0.6 is 0 Å². The number of hydrogen-bond donors (Lipinski definition) is 0. The van der Waals surface area contributed by atoms with Gasteiger partial charge in [-0.15, -0.1) is 0 Å². The molecule has 0 saturated heterocycles. The number of rotatable bonds is 7. The van der Waals surface area contributed by atoms with Gasteiger partial charge in [-0.2, -0.15) is 0 Å². The van der Waals surface area contributed by atoms with Crippen LogP contribution in [0.3, 0.4) is 0 Å². The second kappa shape index (κ2) is 6.63. The molecule has 0 heterocycles. The van der Waals surface area contributed by atoms with E-state index in [1.807, 2.05) is 24.3 Å². The second-order valence-corrected chi connectivity index (χ2v) is 12.5. The summed E-state index contributed by atoms with van der Waals surface area (Å²) in [5, 5.41) is 0.236. The summed E-state index contributed by atoms with van der Waals surface area (Å²) in [5.41, 5.74) is 0. The van der Waals surface area contributed by atoms with Crippen molar-refractivity contribution in [3.8, 4) is 11.5 Å². The van der Waals surface area contributed by atoms with Crippen molar-refractivity contribution in [1.82, 2.24) is 0 Å². The molecule has 1 aromatic carbocycles. The largest absolute Gasteiger partial charge is 0.497 e. The molecule has 0 amide bonds. The molecule has 1 saturated carbocycles. The van der Waals surface area contributed by atoms with Gasteiger partial charge in [0.05, 0.1) is 13.2 Å². The molecule has 0 aromatic heterocycles. The van der Waals surface area contributed by atoms with E-state index in [1.54, 1.807) is 7.11 Å². The summed E-state index contributed by atoms with van der Waals surface area (Å²) < 4.78 is 17.7. The number of methoxy groups -OCH3 is 1. The molecule has 124 valence electrons. The van der Waals surface area contributed by atoms with Gasteiger partial charge in [-0.1, -0.05) is 20.8 Å². The molecule has 0 aliphatic heterocycles. The predicted molar refractivity (Wildman–Crippen MR) is 93.3 cm³/mol. The Balaban J connectivity index is 1.94. The van der Waals surface area contributed by atoms with Gasteiger partial charge >= 0.3 is 0 Å². The lowest BCUT2D eigenvalue weighted by atomic mass is 10.2. The summed E-state index contributed by atoms with van der Waals surface area (Å²) >= 11 is 0. The van der Waals surface area contributed by atoms with E-state index in [0.717, 1.165) is 11.5 Å². The van der Waals surface area contributed by atoms with Crippen molar-refractivity contribution in [2.75, 3.05) is 13.7 Å². The Morgan fingerprint density at radius 1 is 1.09 bits per heavy atom. The summed E-state index contributed by atoms with van der Waals surface area (Å²) in [6.45, 7) is 12.1. The lowest BCUT2D eigenvalue weighted by Gasteiger charge is -2.39. The fraction of sp³-hybridized carbons (Fsp3) is 0.667. The molecule has 1 aromatic rings. The average Bonchev–Trinajstić information content (AvgIpc) is 3.27. The van der Waals surface area contributed by atoms with E-state index >= 15 is 0 Å². The quantitative estimate of drug-likeness (QED) is 0.670. The Morgan fingerprint density at radius 3 is 2.09 bits per heavy atom. The van der Waals surface area contributed by atoms with Crippen LogP contribution in [0.2, 0.25) is 18.1 Å². The third-order valence-electron chi connectivity index (χ3n) is 4.87. The molecule has 1 unspecified atom stereocenters. The molecule has 2 rings (SSSR count). The highest BCUT2D eigenvalue weighted by Crippen LogP contribution is 2.42. The van der Waals surface area contributed by atoms with Gasteiger partial charge in [0.25, 0.3) is 0 Å².